The Balaban J connectivity index is 1.66. The summed E-state index contributed by atoms with van der Waals surface area (Å²) < 4.78 is 43.3. The SMILES string of the molecule is CS(=O)(=O)NC1CCN(CCOc2ccc(F)cc2)CC1. The van der Waals surface area contributed by atoms with Crippen molar-refractivity contribution in [1.29, 1.82) is 0 Å². The van der Waals surface area contributed by atoms with Gasteiger partial charge in [0, 0.05) is 12.6 Å². The molecule has 1 fully saturated rings. The molecule has 0 atom stereocenters. The zero-order valence-corrected chi connectivity index (χ0v) is 12.9. The van der Waals surface area contributed by atoms with Gasteiger partial charge < -0.3 is 4.74 Å². The summed E-state index contributed by atoms with van der Waals surface area (Å²) >= 11 is 0. The van der Waals surface area contributed by atoms with E-state index in [0.717, 1.165) is 32.5 Å². The fraction of sp³-hybridized carbons (Fsp3) is 0.571. The first-order valence-corrected chi connectivity index (χ1v) is 8.89. The van der Waals surface area contributed by atoms with Gasteiger partial charge in [-0.3, -0.25) is 4.90 Å². The number of likely N-dealkylation sites (tertiary alicyclic amines) is 1. The van der Waals surface area contributed by atoms with Crippen LogP contribution < -0.4 is 9.46 Å². The second-order valence-electron chi connectivity index (χ2n) is 5.31. The van der Waals surface area contributed by atoms with Crippen LogP contribution in [-0.2, 0) is 10.0 Å². The molecule has 1 N–H and O–H groups in total. The fourth-order valence-electron chi connectivity index (χ4n) is 2.40. The van der Waals surface area contributed by atoms with Crippen molar-refractivity contribution in [1.82, 2.24) is 9.62 Å². The second-order valence-corrected chi connectivity index (χ2v) is 7.09. The van der Waals surface area contributed by atoms with Crippen molar-refractivity contribution >= 4 is 10.0 Å². The van der Waals surface area contributed by atoms with Crippen LogP contribution in [0.1, 0.15) is 12.8 Å². The second kappa shape index (κ2) is 7.20. The first-order valence-electron chi connectivity index (χ1n) is 7.00. The minimum atomic E-state index is -3.12. The van der Waals surface area contributed by atoms with Crippen LogP contribution in [0.25, 0.3) is 0 Å². The van der Waals surface area contributed by atoms with Crippen LogP contribution in [0.3, 0.4) is 0 Å². The van der Waals surface area contributed by atoms with Gasteiger partial charge in [-0.2, -0.15) is 0 Å². The summed E-state index contributed by atoms with van der Waals surface area (Å²) in [6.45, 7) is 3.01. The Morgan fingerprint density at radius 2 is 1.90 bits per heavy atom. The van der Waals surface area contributed by atoms with E-state index >= 15 is 0 Å². The highest BCUT2D eigenvalue weighted by molar-refractivity contribution is 7.88. The lowest BCUT2D eigenvalue weighted by atomic mass is 10.1. The molecular formula is C14H21FN2O3S. The molecule has 0 spiro atoms. The van der Waals surface area contributed by atoms with E-state index in [1.54, 1.807) is 12.1 Å². The zero-order valence-electron chi connectivity index (χ0n) is 12.1. The number of halogens is 1. The van der Waals surface area contributed by atoms with Gasteiger partial charge in [-0.1, -0.05) is 0 Å². The molecule has 0 bridgehead atoms. The molecule has 118 valence electrons. The maximum Gasteiger partial charge on any atom is 0.208 e. The van der Waals surface area contributed by atoms with Gasteiger partial charge in [-0.05, 0) is 50.2 Å². The van der Waals surface area contributed by atoms with Crippen LogP contribution >= 0.6 is 0 Å². The van der Waals surface area contributed by atoms with Crippen LogP contribution in [0.15, 0.2) is 24.3 Å². The first kappa shape index (κ1) is 16.2. The molecule has 0 unspecified atom stereocenters. The Morgan fingerprint density at radius 1 is 1.29 bits per heavy atom. The van der Waals surface area contributed by atoms with Crippen LogP contribution in [0.5, 0.6) is 5.75 Å². The Hall–Kier alpha value is -1.18. The maximum atomic E-state index is 12.7. The summed E-state index contributed by atoms with van der Waals surface area (Å²) in [4.78, 5) is 2.24. The number of nitrogens with zero attached hydrogens (tertiary/aromatic N) is 1. The lowest BCUT2D eigenvalue weighted by Gasteiger charge is -2.31. The molecule has 1 aliphatic heterocycles. The quantitative estimate of drug-likeness (QED) is 0.857. The molecule has 0 saturated carbocycles. The summed E-state index contributed by atoms with van der Waals surface area (Å²) in [7, 11) is -3.12. The third kappa shape index (κ3) is 5.99. The van der Waals surface area contributed by atoms with Crippen molar-refractivity contribution < 1.29 is 17.5 Å². The van der Waals surface area contributed by atoms with E-state index in [1.807, 2.05) is 0 Å². The van der Waals surface area contributed by atoms with Crippen LogP contribution in [-0.4, -0.2) is 51.9 Å². The van der Waals surface area contributed by atoms with Crippen LogP contribution in [0, 0.1) is 5.82 Å². The molecule has 2 rings (SSSR count). The molecule has 0 aliphatic carbocycles. The van der Waals surface area contributed by atoms with Crippen molar-refractivity contribution in [3.8, 4) is 5.75 Å². The van der Waals surface area contributed by atoms with Gasteiger partial charge in [-0.15, -0.1) is 0 Å². The van der Waals surface area contributed by atoms with Gasteiger partial charge in [0.05, 0.1) is 6.26 Å². The van der Waals surface area contributed by atoms with Gasteiger partial charge in [-0.25, -0.2) is 17.5 Å². The third-order valence-corrected chi connectivity index (χ3v) is 4.22. The Kier molecular flexibility index (Phi) is 5.55. The van der Waals surface area contributed by atoms with Gasteiger partial charge in [0.25, 0.3) is 0 Å². The lowest BCUT2D eigenvalue weighted by Crippen LogP contribution is -2.45. The van der Waals surface area contributed by atoms with Gasteiger partial charge in [0.15, 0.2) is 0 Å². The van der Waals surface area contributed by atoms with E-state index in [2.05, 4.69) is 9.62 Å². The molecule has 0 aromatic heterocycles. The van der Waals surface area contributed by atoms with E-state index in [-0.39, 0.29) is 11.9 Å². The Morgan fingerprint density at radius 3 is 2.48 bits per heavy atom. The maximum absolute atomic E-state index is 12.7. The number of hydrogen-bond acceptors (Lipinski definition) is 4. The highest BCUT2D eigenvalue weighted by Crippen LogP contribution is 2.13. The molecule has 1 saturated heterocycles. The first-order chi connectivity index (χ1) is 9.92. The average Bonchev–Trinajstić information content (AvgIpc) is 2.41. The van der Waals surface area contributed by atoms with Crippen molar-refractivity contribution in [3.05, 3.63) is 30.1 Å². The van der Waals surface area contributed by atoms with E-state index in [0.29, 0.717) is 12.4 Å². The molecule has 7 heteroatoms. The number of hydrogen-bond donors (Lipinski definition) is 1. The lowest BCUT2D eigenvalue weighted by molar-refractivity contribution is 0.170. The molecule has 1 aromatic rings. The number of rotatable bonds is 6. The topological polar surface area (TPSA) is 58.6 Å². The van der Waals surface area contributed by atoms with E-state index in [9.17, 15) is 12.8 Å². The number of sulfonamides is 1. The highest BCUT2D eigenvalue weighted by Gasteiger charge is 2.21. The zero-order chi connectivity index (χ0) is 15.3. The molecule has 21 heavy (non-hydrogen) atoms. The number of nitrogens with one attached hydrogen (secondary N) is 1. The predicted octanol–water partition coefficient (Wildman–Crippen LogP) is 1.22. The molecular weight excluding hydrogens is 295 g/mol. The van der Waals surface area contributed by atoms with Crippen molar-refractivity contribution in [3.63, 3.8) is 0 Å². The van der Waals surface area contributed by atoms with Gasteiger partial charge >= 0.3 is 0 Å². The molecule has 1 aromatic carbocycles. The summed E-state index contributed by atoms with van der Waals surface area (Å²) in [5.74, 6) is 0.382. The standard InChI is InChI=1S/C14H21FN2O3S/c1-21(18,19)16-13-6-8-17(9-7-13)10-11-20-14-4-2-12(15)3-5-14/h2-5,13,16H,6-11H2,1H3. The Bertz CT molecular complexity index is 540. The predicted molar refractivity (Wildman–Crippen MR) is 79.3 cm³/mol. The minimum absolute atomic E-state index is 0.0364. The molecule has 0 radical (unpaired) electrons. The van der Waals surface area contributed by atoms with Crippen LogP contribution in [0.4, 0.5) is 4.39 Å². The van der Waals surface area contributed by atoms with Gasteiger partial charge in [0.1, 0.15) is 18.2 Å². The minimum Gasteiger partial charge on any atom is -0.492 e. The monoisotopic (exact) mass is 316 g/mol. The van der Waals surface area contributed by atoms with Crippen molar-refractivity contribution in [2.75, 3.05) is 32.5 Å². The van der Waals surface area contributed by atoms with E-state index in [1.165, 1.54) is 18.4 Å². The van der Waals surface area contributed by atoms with Crippen molar-refractivity contribution in [2.45, 2.75) is 18.9 Å². The third-order valence-electron chi connectivity index (χ3n) is 3.46. The molecule has 1 heterocycles. The summed E-state index contributed by atoms with van der Waals surface area (Å²) in [5, 5.41) is 0. The fourth-order valence-corrected chi connectivity index (χ4v) is 3.24. The highest BCUT2D eigenvalue weighted by atomic mass is 32.2. The van der Waals surface area contributed by atoms with Gasteiger partial charge in [0.2, 0.25) is 10.0 Å². The molecule has 1 aliphatic rings. The Labute approximate surface area is 125 Å². The number of benzene rings is 1. The largest absolute Gasteiger partial charge is 0.492 e. The molecule has 0 amide bonds. The summed E-state index contributed by atoms with van der Waals surface area (Å²) in [6, 6.07) is 6.00. The van der Waals surface area contributed by atoms with E-state index in [4.69, 9.17) is 4.74 Å². The smallest absolute Gasteiger partial charge is 0.208 e. The normalized spacial score (nSPS) is 17.8. The number of piperidine rings is 1. The molecule has 5 nitrogen and oxygen atoms in total. The number of ether oxygens (including phenoxy) is 1. The van der Waals surface area contributed by atoms with Crippen LogP contribution in [0.2, 0.25) is 0 Å². The average molecular weight is 316 g/mol. The van der Waals surface area contributed by atoms with Crippen molar-refractivity contribution in [2.24, 2.45) is 0 Å². The summed E-state index contributed by atoms with van der Waals surface area (Å²) in [6.07, 6.45) is 2.81. The van der Waals surface area contributed by atoms with E-state index < -0.39 is 10.0 Å². The summed E-state index contributed by atoms with van der Waals surface area (Å²) in [5.41, 5.74) is 0.